The fourth-order valence-corrected chi connectivity index (χ4v) is 6.40. The van der Waals surface area contributed by atoms with Crippen LogP contribution >= 0.6 is 0 Å². The third-order valence-electron chi connectivity index (χ3n) is 8.22. The Bertz CT molecular complexity index is 1940. The van der Waals surface area contributed by atoms with Crippen LogP contribution in [0.4, 0.5) is 0 Å². The Morgan fingerprint density at radius 1 is 0.730 bits per heavy atom. The Hall–Kier alpha value is -4.30. The molecule has 3 aromatic heterocycles. The van der Waals surface area contributed by atoms with Crippen LogP contribution in [-0.2, 0) is 5.41 Å². The second-order valence-corrected chi connectivity index (χ2v) is 11.0. The van der Waals surface area contributed by atoms with Gasteiger partial charge < -0.3 is 0 Å². The first-order valence-electron chi connectivity index (χ1n) is 13.0. The zero-order chi connectivity index (χ0) is 25.5. The first-order valence-corrected chi connectivity index (χ1v) is 13.0. The quantitative estimate of drug-likeness (QED) is 0.179. The number of aromatic nitrogens is 2. The lowest BCUT2D eigenvalue weighted by Crippen LogP contribution is -2.45. The van der Waals surface area contributed by atoms with E-state index < -0.39 is 0 Å². The molecule has 1 aliphatic rings. The van der Waals surface area contributed by atoms with Crippen LogP contribution in [0.2, 0.25) is 0 Å². The van der Waals surface area contributed by atoms with Gasteiger partial charge in [-0.1, -0.05) is 56.8 Å². The standard InChI is InChI=1S/C35H30N2/c1-6-26-17-22(2)13-15-36(26)33-20-25-19-30-28-12-11-24-9-7-8-10-27(24)34(28)35(4,5)31(30)21-29(25)32-18-23(3)14-16-37(32)33/h6-21H,1H2,2-5H3/q+2. The molecule has 178 valence electrons. The highest BCUT2D eigenvalue weighted by molar-refractivity contribution is 6.03. The maximum Gasteiger partial charge on any atom is 0.456 e. The van der Waals surface area contributed by atoms with Crippen molar-refractivity contribution in [2.45, 2.75) is 33.1 Å². The number of pyridine rings is 3. The minimum atomic E-state index is -0.0824. The second kappa shape index (κ2) is 7.60. The van der Waals surface area contributed by atoms with Crippen LogP contribution in [0, 0.1) is 13.8 Å². The number of rotatable bonds is 2. The van der Waals surface area contributed by atoms with Gasteiger partial charge in [-0.25, -0.2) is 0 Å². The van der Waals surface area contributed by atoms with Gasteiger partial charge in [-0.05, 0) is 70.1 Å². The molecular weight excluding hydrogens is 448 g/mol. The maximum absolute atomic E-state index is 4.10. The Balaban J connectivity index is 1.60. The van der Waals surface area contributed by atoms with E-state index in [9.17, 15) is 0 Å². The summed E-state index contributed by atoms with van der Waals surface area (Å²) in [4.78, 5) is 0. The smallest absolute Gasteiger partial charge is 0.104 e. The average molecular weight is 479 g/mol. The molecule has 0 saturated heterocycles. The van der Waals surface area contributed by atoms with Gasteiger partial charge in [0.05, 0.1) is 11.5 Å². The van der Waals surface area contributed by atoms with E-state index in [1.165, 1.54) is 60.4 Å². The molecule has 2 heteroatoms. The first kappa shape index (κ1) is 21.9. The largest absolute Gasteiger partial charge is 0.456 e. The van der Waals surface area contributed by atoms with Gasteiger partial charge in [-0.15, -0.1) is 8.97 Å². The zero-order valence-electron chi connectivity index (χ0n) is 21.8. The van der Waals surface area contributed by atoms with E-state index in [0.717, 1.165) is 11.5 Å². The van der Waals surface area contributed by atoms with Crippen molar-refractivity contribution in [3.63, 3.8) is 0 Å². The summed E-state index contributed by atoms with van der Waals surface area (Å²) < 4.78 is 4.55. The lowest BCUT2D eigenvalue weighted by atomic mass is 9.80. The van der Waals surface area contributed by atoms with Gasteiger partial charge in [-0.2, -0.15) is 0 Å². The number of benzene rings is 3. The first-order chi connectivity index (χ1) is 17.9. The lowest BCUT2D eigenvalue weighted by molar-refractivity contribution is -0.708. The van der Waals surface area contributed by atoms with Gasteiger partial charge >= 0.3 is 5.82 Å². The SMILES string of the molecule is C=Cc1cc(C)cc[n+]1-c1cc2cc3c(cc2c2cc(C)cc[n+]12)C(C)(C)c1c-3ccc2ccccc12. The van der Waals surface area contributed by atoms with Crippen molar-refractivity contribution in [2.24, 2.45) is 0 Å². The van der Waals surface area contributed by atoms with Crippen LogP contribution in [-0.4, -0.2) is 0 Å². The van der Waals surface area contributed by atoms with Crippen LogP contribution in [0.15, 0.2) is 97.8 Å². The van der Waals surface area contributed by atoms with Crippen molar-refractivity contribution >= 4 is 33.1 Å². The molecule has 3 heterocycles. The highest BCUT2D eigenvalue weighted by Gasteiger charge is 2.38. The number of aryl methyl sites for hydroxylation is 2. The molecule has 0 unspecified atom stereocenters. The topological polar surface area (TPSA) is 7.98 Å². The summed E-state index contributed by atoms with van der Waals surface area (Å²) in [5.41, 5.74) is 10.2. The van der Waals surface area contributed by atoms with E-state index in [4.69, 9.17) is 0 Å². The third kappa shape index (κ3) is 3.05. The number of hydrogen-bond acceptors (Lipinski definition) is 0. The summed E-state index contributed by atoms with van der Waals surface area (Å²) in [6.07, 6.45) is 6.28. The summed E-state index contributed by atoms with van der Waals surface area (Å²) in [7, 11) is 0. The lowest BCUT2D eigenvalue weighted by Gasteiger charge is -2.23. The molecular formula is C35H30N2+2. The van der Waals surface area contributed by atoms with Crippen molar-refractivity contribution in [2.75, 3.05) is 0 Å². The molecule has 37 heavy (non-hydrogen) atoms. The molecule has 3 aromatic carbocycles. The minimum Gasteiger partial charge on any atom is -0.104 e. The van der Waals surface area contributed by atoms with Crippen LogP contribution < -0.4 is 8.97 Å². The molecule has 2 nitrogen and oxygen atoms in total. The van der Waals surface area contributed by atoms with Crippen molar-refractivity contribution in [3.05, 3.63) is 126 Å². The highest BCUT2D eigenvalue weighted by atomic mass is 15.1. The molecule has 0 spiro atoms. The molecule has 0 aliphatic heterocycles. The zero-order valence-corrected chi connectivity index (χ0v) is 21.8. The predicted octanol–water partition coefficient (Wildman–Crippen LogP) is 7.57. The van der Waals surface area contributed by atoms with Gasteiger partial charge in [-0.3, -0.25) is 0 Å². The van der Waals surface area contributed by atoms with Crippen molar-refractivity contribution < 1.29 is 8.97 Å². The summed E-state index contributed by atoms with van der Waals surface area (Å²) in [5, 5.41) is 5.19. The fraction of sp³-hybridized carbons (Fsp3) is 0.143. The summed E-state index contributed by atoms with van der Waals surface area (Å²) >= 11 is 0. The minimum absolute atomic E-state index is 0.0824. The van der Waals surface area contributed by atoms with Crippen LogP contribution in [0.1, 0.15) is 41.8 Å². The highest BCUT2D eigenvalue weighted by Crippen LogP contribution is 2.52. The molecule has 6 aromatic rings. The van der Waals surface area contributed by atoms with Crippen LogP contribution in [0.25, 0.3) is 50.1 Å². The van der Waals surface area contributed by atoms with E-state index in [2.05, 4.69) is 134 Å². The van der Waals surface area contributed by atoms with Crippen molar-refractivity contribution in [1.29, 1.82) is 0 Å². The van der Waals surface area contributed by atoms with E-state index in [1.807, 2.05) is 6.08 Å². The average Bonchev–Trinajstić information content (AvgIpc) is 3.13. The predicted molar refractivity (Wildman–Crippen MR) is 153 cm³/mol. The molecule has 0 bridgehead atoms. The van der Waals surface area contributed by atoms with Gasteiger partial charge in [0, 0.05) is 41.1 Å². The molecule has 0 fully saturated rings. The monoisotopic (exact) mass is 478 g/mol. The fourth-order valence-electron chi connectivity index (χ4n) is 6.40. The molecule has 7 rings (SSSR count). The van der Waals surface area contributed by atoms with E-state index >= 15 is 0 Å². The van der Waals surface area contributed by atoms with Gasteiger partial charge in [0.25, 0.3) is 0 Å². The van der Waals surface area contributed by atoms with Crippen molar-refractivity contribution in [3.8, 4) is 16.9 Å². The van der Waals surface area contributed by atoms with Crippen LogP contribution in [0.5, 0.6) is 0 Å². The Morgan fingerprint density at radius 2 is 1.51 bits per heavy atom. The van der Waals surface area contributed by atoms with Crippen LogP contribution in [0.3, 0.4) is 0 Å². The second-order valence-electron chi connectivity index (χ2n) is 11.0. The summed E-state index contributed by atoms with van der Waals surface area (Å²) in [5.74, 6) is 1.10. The van der Waals surface area contributed by atoms with E-state index in [0.29, 0.717) is 0 Å². The molecule has 1 aliphatic carbocycles. The normalized spacial score (nSPS) is 13.7. The summed E-state index contributed by atoms with van der Waals surface area (Å²) in [6, 6.07) is 29.4. The van der Waals surface area contributed by atoms with Crippen molar-refractivity contribution in [1.82, 2.24) is 0 Å². The van der Waals surface area contributed by atoms with E-state index in [-0.39, 0.29) is 5.41 Å². The van der Waals surface area contributed by atoms with Gasteiger partial charge in [0.15, 0.2) is 12.4 Å². The van der Waals surface area contributed by atoms with Gasteiger partial charge in [0.2, 0.25) is 11.2 Å². The number of hydrogen-bond donors (Lipinski definition) is 0. The Kier molecular flexibility index (Phi) is 4.51. The molecule has 0 saturated carbocycles. The molecule has 0 atom stereocenters. The Labute approximate surface area is 217 Å². The number of fused-ring (bicyclic) bond motifs is 8. The number of nitrogens with zero attached hydrogens (tertiary/aromatic N) is 2. The summed E-state index contributed by atoms with van der Waals surface area (Å²) in [6.45, 7) is 13.2. The maximum atomic E-state index is 4.10. The van der Waals surface area contributed by atoms with Gasteiger partial charge in [0.1, 0.15) is 0 Å². The molecule has 0 amide bonds. The molecule has 0 radical (unpaired) electrons. The van der Waals surface area contributed by atoms with E-state index in [1.54, 1.807) is 0 Å². The third-order valence-corrected chi connectivity index (χ3v) is 8.22. The molecule has 0 N–H and O–H groups in total. The Morgan fingerprint density at radius 3 is 2.35 bits per heavy atom.